The van der Waals surface area contributed by atoms with E-state index in [1.54, 1.807) is 42.9 Å². The summed E-state index contributed by atoms with van der Waals surface area (Å²) >= 11 is 5.89. The summed E-state index contributed by atoms with van der Waals surface area (Å²) in [6.07, 6.45) is 8.90. The predicted molar refractivity (Wildman–Crippen MR) is 130 cm³/mol. The highest BCUT2D eigenvalue weighted by molar-refractivity contribution is 6.30. The first-order chi connectivity index (χ1) is 16.1. The fourth-order valence-corrected chi connectivity index (χ4v) is 3.44. The van der Waals surface area contributed by atoms with Crippen molar-refractivity contribution in [2.24, 2.45) is 0 Å². The maximum atomic E-state index is 12.4. The van der Waals surface area contributed by atoms with E-state index in [9.17, 15) is 4.79 Å². The number of carbonyl (C=O) groups is 1. The standard InChI is InChI=1S/C24H18ClN7O/c25-17-6-8-18(9-7-17)29-24(33)30-19-4-1-3-16(13-19)21-15-32-12-11-27-23(32)22(31-21)28-20-5-2-10-26-14-20/h1-15H,(H,28,31)(H2,29,30,33). The third kappa shape index (κ3) is 4.76. The molecule has 9 heteroatoms. The first-order valence-corrected chi connectivity index (χ1v) is 10.5. The number of nitrogens with zero attached hydrogens (tertiary/aromatic N) is 4. The minimum Gasteiger partial charge on any atom is -0.336 e. The summed E-state index contributed by atoms with van der Waals surface area (Å²) in [5.74, 6) is 0.601. The first kappa shape index (κ1) is 20.5. The van der Waals surface area contributed by atoms with E-state index in [4.69, 9.17) is 16.6 Å². The van der Waals surface area contributed by atoms with Gasteiger partial charge in [-0.1, -0.05) is 23.7 Å². The van der Waals surface area contributed by atoms with E-state index in [0.29, 0.717) is 33.6 Å². The number of imidazole rings is 1. The summed E-state index contributed by atoms with van der Waals surface area (Å²) in [5.41, 5.74) is 4.33. The quantitative estimate of drug-likeness (QED) is 0.309. The number of hydrogen-bond acceptors (Lipinski definition) is 5. The topological polar surface area (TPSA) is 96.2 Å². The molecule has 3 aromatic heterocycles. The Bertz CT molecular complexity index is 1420. The second kappa shape index (κ2) is 8.97. The second-order valence-electron chi connectivity index (χ2n) is 7.17. The zero-order valence-corrected chi connectivity index (χ0v) is 18.0. The molecular formula is C24H18ClN7O. The Hall–Kier alpha value is -4.43. The lowest BCUT2D eigenvalue weighted by molar-refractivity contribution is 0.262. The van der Waals surface area contributed by atoms with Gasteiger partial charge in [-0.15, -0.1) is 0 Å². The number of fused-ring (bicyclic) bond motifs is 1. The fraction of sp³-hybridized carbons (Fsp3) is 0. The lowest BCUT2D eigenvalue weighted by Crippen LogP contribution is -2.19. The van der Waals surface area contributed by atoms with Crippen molar-refractivity contribution < 1.29 is 4.79 Å². The van der Waals surface area contributed by atoms with Gasteiger partial charge in [-0.3, -0.25) is 4.98 Å². The average molecular weight is 456 g/mol. The molecule has 162 valence electrons. The van der Waals surface area contributed by atoms with Crippen LogP contribution in [0.4, 0.5) is 27.7 Å². The zero-order valence-electron chi connectivity index (χ0n) is 17.2. The van der Waals surface area contributed by atoms with Crippen molar-refractivity contribution in [1.29, 1.82) is 0 Å². The van der Waals surface area contributed by atoms with Gasteiger partial charge in [-0.2, -0.15) is 0 Å². The Kier molecular flexibility index (Phi) is 5.57. The molecule has 0 radical (unpaired) electrons. The molecule has 0 aliphatic heterocycles. The number of amides is 2. The van der Waals surface area contributed by atoms with Gasteiger partial charge in [0.25, 0.3) is 0 Å². The van der Waals surface area contributed by atoms with Crippen LogP contribution in [0.25, 0.3) is 16.9 Å². The molecule has 0 atom stereocenters. The molecule has 0 aliphatic carbocycles. The van der Waals surface area contributed by atoms with Crippen LogP contribution in [-0.2, 0) is 0 Å². The third-order valence-electron chi connectivity index (χ3n) is 4.82. The Balaban J connectivity index is 1.40. The normalized spacial score (nSPS) is 10.7. The molecule has 0 saturated carbocycles. The number of pyridine rings is 1. The number of urea groups is 1. The molecule has 0 unspecified atom stereocenters. The zero-order chi connectivity index (χ0) is 22.6. The predicted octanol–water partition coefficient (Wildman–Crippen LogP) is 5.83. The van der Waals surface area contributed by atoms with E-state index >= 15 is 0 Å². The minimum atomic E-state index is -0.355. The van der Waals surface area contributed by atoms with Crippen LogP contribution in [0.5, 0.6) is 0 Å². The number of carbonyl (C=O) groups excluding carboxylic acids is 1. The van der Waals surface area contributed by atoms with Crippen molar-refractivity contribution in [1.82, 2.24) is 19.4 Å². The second-order valence-corrected chi connectivity index (χ2v) is 7.60. The van der Waals surface area contributed by atoms with Gasteiger partial charge < -0.3 is 20.4 Å². The van der Waals surface area contributed by atoms with Crippen molar-refractivity contribution in [3.05, 3.63) is 96.7 Å². The molecule has 3 N–H and O–H groups in total. The van der Waals surface area contributed by atoms with Crippen LogP contribution in [0.15, 0.2) is 91.6 Å². The smallest absolute Gasteiger partial charge is 0.323 e. The largest absolute Gasteiger partial charge is 0.336 e. The van der Waals surface area contributed by atoms with E-state index in [0.717, 1.165) is 11.3 Å². The van der Waals surface area contributed by atoms with Gasteiger partial charge in [0.2, 0.25) is 0 Å². The van der Waals surface area contributed by atoms with Crippen LogP contribution < -0.4 is 16.0 Å². The number of anilines is 4. The molecule has 8 nitrogen and oxygen atoms in total. The van der Waals surface area contributed by atoms with Gasteiger partial charge in [0.1, 0.15) is 0 Å². The van der Waals surface area contributed by atoms with Gasteiger partial charge in [-0.25, -0.2) is 14.8 Å². The summed E-state index contributed by atoms with van der Waals surface area (Å²) < 4.78 is 1.90. The summed E-state index contributed by atoms with van der Waals surface area (Å²) in [6.45, 7) is 0. The molecule has 33 heavy (non-hydrogen) atoms. The van der Waals surface area contributed by atoms with Crippen LogP contribution in [0.2, 0.25) is 5.02 Å². The summed E-state index contributed by atoms with van der Waals surface area (Å²) in [4.78, 5) is 25.7. The van der Waals surface area contributed by atoms with Crippen LogP contribution in [-0.4, -0.2) is 25.4 Å². The van der Waals surface area contributed by atoms with Gasteiger partial charge in [0.05, 0.1) is 17.6 Å². The third-order valence-corrected chi connectivity index (χ3v) is 5.07. The van der Waals surface area contributed by atoms with Crippen molar-refractivity contribution in [3.63, 3.8) is 0 Å². The molecule has 5 aromatic rings. The van der Waals surface area contributed by atoms with E-state index in [-0.39, 0.29) is 6.03 Å². The molecule has 0 fully saturated rings. The molecule has 3 heterocycles. The van der Waals surface area contributed by atoms with Gasteiger partial charge in [0.15, 0.2) is 11.5 Å². The van der Waals surface area contributed by atoms with Crippen molar-refractivity contribution >= 4 is 46.2 Å². The highest BCUT2D eigenvalue weighted by atomic mass is 35.5. The Morgan fingerprint density at radius 3 is 2.55 bits per heavy atom. The number of hydrogen-bond donors (Lipinski definition) is 3. The van der Waals surface area contributed by atoms with Crippen LogP contribution in [0.1, 0.15) is 0 Å². The van der Waals surface area contributed by atoms with Crippen molar-refractivity contribution in [2.75, 3.05) is 16.0 Å². The molecule has 5 rings (SSSR count). The summed E-state index contributed by atoms with van der Waals surface area (Å²) in [7, 11) is 0. The Morgan fingerprint density at radius 2 is 1.73 bits per heavy atom. The lowest BCUT2D eigenvalue weighted by Gasteiger charge is -2.11. The maximum absolute atomic E-state index is 12.4. The average Bonchev–Trinajstić information content (AvgIpc) is 3.31. The SMILES string of the molecule is O=C(Nc1ccc(Cl)cc1)Nc1cccc(-c2cn3ccnc3c(Nc3cccnc3)n2)c1. The monoisotopic (exact) mass is 455 g/mol. The number of rotatable bonds is 5. The number of nitrogens with one attached hydrogen (secondary N) is 3. The van der Waals surface area contributed by atoms with Crippen LogP contribution in [0.3, 0.4) is 0 Å². The lowest BCUT2D eigenvalue weighted by atomic mass is 10.1. The fourth-order valence-electron chi connectivity index (χ4n) is 3.31. The molecule has 2 aromatic carbocycles. The van der Waals surface area contributed by atoms with E-state index in [2.05, 4.69) is 25.9 Å². The van der Waals surface area contributed by atoms with E-state index < -0.39 is 0 Å². The molecular weight excluding hydrogens is 438 g/mol. The van der Waals surface area contributed by atoms with Crippen molar-refractivity contribution in [2.45, 2.75) is 0 Å². The molecule has 0 spiro atoms. The van der Waals surface area contributed by atoms with Crippen LogP contribution in [0, 0.1) is 0 Å². The number of aromatic nitrogens is 4. The Morgan fingerprint density at radius 1 is 0.909 bits per heavy atom. The molecule has 0 bridgehead atoms. The maximum Gasteiger partial charge on any atom is 0.323 e. The molecule has 0 saturated heterocycles. The number of benzene rings is 2. The minimum absolute atomic E-state index is 0.355. The summed E-state index contributed by atoms with van der Waals surface area (Å²) in [5, 5.41) is 9.51. The van der Waals surface area contributed by atoms with Gasteiger partial charge in [0, 0.05) is 46.7 Å². The van der Waals surface area contributed by atoms with E-state index in [1.165, 1.54) is 0 Å². The number of halogens is 1. The van der Waals surface area contributed by atoms with Crippen molar-refractivity contribution in [3.8, 4) is 11.3 Å². The van der Waals surface area contributed by atoms with Gasteiger partial charge in [-0.05, 0) is 48.5 Å². The Labute approximate surface area is 194 Å². The highest BCUT2D eigenvalue weighted by Gasteiger charge is 2.11. The van der Waals surface area contributed by atoms with Gasteiger partial charge >= 0.3 is 6.03 Å². The van der Waals surface area contributed by atoms with Crippen LogP contribution >= 0.6 is 11.6 Å². The first-order valence-electron chi connectivity index (χ1n) is 10.1. The van der Waals surface area contributed by atoms with E-state index in [1.807, 2.05) is 53.2 Å². The molecule has 0 aliphatic rings. The molecule has 2 amide bonds. The highest BCUT2D eigenvalue weighted by Crippen LogP contribution is 2.26. The summed E-state index contributed by atoms with van der Waals surface area (Å²) in [6, 6.07) is 17.8.